The van der Waals surface area contributed by atoms with E-state index in [-0.39, 0.29) is 5.54 Å². The van der Waals surface area contributed by atoms with E-state index >= 15 is 0 Å². The van der Waals surface area contributed by atoms with E-state index in [1.165, 1.54) is 10.4 Å². The van der Waals surface area contributed by atoms with Crippen molar-refractivity contribution in [2.75, 3.05) is 0 Å². The van der Waals surface area contributed by atoms with Crippen LogP contribution in [0.4, 0.5) is 0 Å². The van der Waals surface area contributed by atoms with Crippen LogP contribution < -0.4 is 5.32 Å². The first kappa shape index (κ1) is 16.5. The lowest BCUT2D eigenvalue weighted by Crippen LogP contribution is -2.45. The number of aromatic nitrogens is 1. The average molecular weight is 323 g/mol. The Morgan fingerprint density at radius 3 is 2.33 bits per heavy atom. The summed E-state index contributed by atoms with van der Waals surface area (Å²) in [5, 5.41) is 5.62. The van der Waals surface area contributed by atoms with Gasteiger partial charge in [0.2, 0.25) is 0 Å². The lowest BCUT2D eigenvalue weighted by Gasteiger charge is -2.31. The van der Waals surface area contributed by atoms with E-state index < -0.39 is 0 Å². The summed E-state index contributed by atoms with van der Waals surface area (Å²) < 4.78 is 0. The molecule has 0 saturated carbocycles. The molecule has 21 heavy (non-hydrogen) atoms. The molecular formula is C17H23ClN2S. The summed E-state index contributed by atoms with van der Waals surface area (Å²) in [4.78, 5) is 6.07. The van der Waals surface area contributed by atoms with Crippen molar-refractivity contribution < 1.29 is 0 Å². The molecule has 1 heterocycles. The Morgan fingerprint density at radius 1 is 1.24 bits per heavy atom. The van der Waals surface area contributed by atoms with Gasteiger partial charge in [0.05, 0.1) is 11.2 Å². The van der Waals surface area contributed by atoms with Crippen molar-refractivity contribution in [3.63, 3.8) is 0 Å². The van der Waals surface area contributed by atoms with Crippen molar-refractivity contribution >= 4 is 22.9 Å². The van der Waals surface area contributed by atoms with Crippen LogP contribution in [-0.4, -0.2) is 11.0 Å². The summed E-state index contributed by atoms with van der Waals surface area (Å²) in [5.74, 6) is 0. The molecule has 1 unspecified atom stereocenters. The van der Waals surface area contributed by atoms with Crippen molar-refractivity contribution in [2.24, 2.45) is 0 Å². The van der Waals surface area contributed by atoms with E-state index in [4.69, 9.17) is 16.6 Å². The van der Waals surface area contributed by atoms with Gasteiger partial charge in [-0.3, -0.25) is 0 Å². The predicted octanol–water partition coefficient (Wildman–Crippen LogP) is 4.87. The fourth-order valence-electron chi connectivity index (χ4n) is 2.54. The van der Waals surface area contributed by atoms with Gasteiger partial charge in [-0.2, -0.15) is 0 Å². The first-order valence-corrected chi connectivity index (χ1v) is 8.46. The van der Waals surface area contributed by atoms with E-state index in [0.717, 1.165) is 22.1 Å². The summed E-state index contributed by atoms with van der Waals surface area (Å²) in [6.07, 6.45) is 0.898. The normalized spacial score (nSPS) is 14.4. The molecule has 0 fully saturated rings. The third-order valence-electron chi connectivity index (χ3n) is 3.58. The van der Waals surface area contributed by atoms with Gasteiger partial charge in [0.15, 0.2) is 0 Å². The Bertz CT molecular complexity index is 584. The van der Waals surface area contributed by atoms with Crippen LogP contribution in [0.5, 0.6) is 0 Å². The number of aryl methyl sites for hydroxylation is 2. The molecule has 2 aromatic rings. The number of rotatable bonds is 5. The smallest absolute Gasteiger partial charge is 0.113 e. The van der Waals surface area contributed by atoms with Gasteiger partial charge in [-0.25, -0.2) is 4.98 Å². The zero-order valence-electron chi connectivity index (χ0n) is 13.3. The molecule has 2 rings (SSSR count). The second-order valence-electron chi connectivity index (χ2n) is 6.10. The lowest BCUT2D eigenvalue weighted by atomic mass is 9.92. The minimum absolute atomic E-state index is 0.161. The number of hydrogen-bond donors (Lipinski definition) is 1. The van der Waals surface area contributed by atoms with Gasteiger partial charge in [0.25, 0.3) is 0 Å². The molecule has 0 aliphatic carbocycles. The van der Waals surface area contributed by atoms with Crippen molar-refractivity contribution in [1.82, 2.24) is 10.3 Å². The Kier molecular flexibility index (Phi) is 5.07. The van der Waals surface area contributed by atoms with E-state index in [1.54, 1.807) is 11.3 Å². The van der Waals surface area contributed by atoms with Crippen LogP contribution in [0.15, 0.2) is 24.3 Å². The highest BCUT2D eigenvalue weighted by atomic mass is 35.5. The third kappa shape index (κ3) is 4.06. The minimum Gasteiger partial charge on any atom is -0.303 e. The molecule has 4 heteroatoms. The Hall–Kier alpha value is -0.900. The second kappa shape index (κ2) is 6.47. The first-order chi connectivity index (χ1) is 9.80. The molecule has 0 aliphatic heterocycles. The van der Waals surface area contributed by atoms with E-state index in [1.807, 2.05) is 12.1 Å². The number of nitrogens with zero attached hydrogens (tertiary/aromatic N) is 1. The Labute approximate surface area is 136 Å². The zero-order chi connectivity index (χ0) is 15.6. The zero-order valence-corrected chi connectivity index (χ0v) is 14.9. The fraction of sp³-hybridized carbons (Fsp3) is 0.471. The molecule has 114 valence electrons. The van der Waals surface area contributed by atoms with Gasteiger partial charge in [-0.1, -0.05) is 23.7 Å². The van der Waals surface area contributed by atoms with Gasteiger partial charge < -0.3 is 5.32 Å². The number of benzene rings is 1. The summed E-state index contributed by atoms with van der Waals surface area (Å²) in [6, 6.07) is 8.48. The first-order valence-electron chi connectivity index (χ1n) is 7.27. The van der Waals surface area contributed by atoms with Gasteiger partial charge in [-0.15, -0.1) is 11.3 Å². The standard InChI is InChI=1S/C17H23ClN2S/c1-11(2)20-17(5,16-19-12(3)13(4)21-16)10-14-6-8-15(18)9-7-14/h6-9,11,20H,10H2,1-5H3. The molecule has 0 saturated heterocycles. The molecular weight excluding hydrogens is 300 g/mol. The fourth-order valence-corrected chi connectivity index (χ4v) is 3.69. The van der Waals surface area contributed by atoms with Gasteiger partial charge in [0.1, 0.15) is 5.01 Å². The molecule has 0 bridgehead atoms. The largest absolute Gasteiger partial charge is 0.303 e. The molecule has 1 N–H and O–H groups in total. The highest BCUT2D eigenvalue weighted by Gasteiger charge is 2.31. The maximum Gasteiger partial charge on any atom is 0.113 e. The summed E-state index contributed by atoms with van der Waals surface area (Å²) >= 11 is 7.77. The van der Waals surface area contributed by atoms with Crippen molar-refractivity contribution in [2.45, 2.75) is 52.6 Å². The van der Waals surface area contributed by atoms with Gasteiger partial charge in [-0.05, 0) is 58.7 Å². The quantitative estimate of drug-likeness (QED) is 0.849. The van der Waals surface area contributed by atoms with Crippen LogP contribution in [0.2, 0.25) is 5.02 Å². The third-order valence-corrected chi connectivity index (χ3v) is 5.17. The molecule has 0 aliphatic rings. The van der Waals surface area contributed by atoms with Gasteiger partial charge >= 0.3 is 0 Å². The highest BCUT2D eigenvalue weighted by Crippen LogP contribution is 2.31. The van der Waals surface area contributed by atoms with E-state index in [0.29, 0.717) is 6.04 Å². The van der Waals surface area contributed by atoms with E-state index in [2.05, 4.69) is 52.1 Å². The number of halogens is 1. The minimum atomic E-state index is -0.161. The van der Waals surface area contributed by atoms with Crippen LogP contribution in [0.25, 0.3) is 0 Å². The number of hydrogen-bond acceptors (Lipinski definition) is 3. The Balaban J connectivity index is 2.34. The van der Waals surface area contributed by atoms with Crippen molar-refractivity contribution in [1.29, 1.82) is 0 Å². The molecule has 1 aromatic heterocycles. The topological polar surface area (TPSA) is 24.9 Å². The average Bonchev–Trinajstić information content (AvgIpc) is 2.72. The highest BCUT2D eigenvalue weighted by molar-refractivity contribution is 7.11. The van der Waals surface area contributed by atoms with Crippen molar-refractivity contribution in [3.8, 4) is 0 Å². The predicted molar refractivity (Wildman–Crippen MR) is 92.4 cm³/mol. The molecule has 2 nitrogen and oxygen atoms in total. The number of thiazole rings is 1. The summed E-state index contributed by atoms with van der Waals surface area (Å²) in [6.45, 7) is 10.8. The number of nitrogens with one attached hydrogen (secondary N) is 1. The summed E-state index contributed by atoms with van der Waals surface area (Å²) in [5.41, 5.74) is 2.23. The molecule has 1 atom stereocenters. The van der Waals surface area contributed by atoms with Crippen molar-refractivity contribution in [3.05, 3.63) is 50.4 Å². The Morgan fingerprint density at radius 2 is 1.86 bits per heavy atom. The molecule has 1 aromatic carbocycles. The maximum absolute atomic E-state index is 5.98. The van der Waals surface area contributed by atoms with Crippen LogP contribution in [-0.2, 0) is 12.0 Å². The lowest BCUT2D eigenvalue weighted by molar-refractivity contribution is 0.330. The van der Waals surface area contributed by atoms with Crippen LogP contribution in [0, 0.1) is 13.8 Å². The maximum atomic E-state index is 5.98. The SMILES string of the molecule is Cc1nc(C(C)(Cc2ccc(Cl)cc2)NC(C)C)sc1C. The van der Waals surface area contributed by atoms with Gasteiger partial charge in [0, 0.05) is 15.9 Å². The second-order valence-corrected chi connectivity index (χ2v) is 7.73. The molecule has 0 amide bonds. The van der Waals surface area contributed by atoms with E-state index in [9.17, 15) is 0 Å². The monoisotopic (exact) mass is 322 g/mol. The molecule has 0 radical (unpaired) electrons. The summed E-state index contributed by atoms with van der Waals surface area (Å²) in [7, 11) is 0. The van der Waals surface area contributed by atoms with Crippen LogP contribution in [0.3, 0.4) is 0 Å². The van der Waals surface area contributed by atoms with Crippen LogP contribution >= 0.6 is 22.9 Å². The molecule has 0 spiro atoms. The van der Waals surface area contributed by atoms with Crippen LogP contribution in [0.1, 0.15) is 41.9 Å².